The van der Waals surface area contributed by atoms with Crippen LogP contribution in [0.2, 0.25) is 0 Å². The molecule has 1 atom stereocenters. The van der Waals surface area contributed by atoms with Gasteiger partial charge in [-0.3, -0.25) is 4.79 Å². The van der Waals surface area contributed by atoms with Crippen LogP contribution in [-0.4, -0.2) is 110 Å². The Balaban J connectivity index is 1.62. The molecule has 40 heavy (non-hydrogen) atoms. The van der Waals surface area contributed by atoms with E-state index in [4.69, 9.17) is 4.74 Å². The lowest BCUT2D eigenvalue weighted by Crippen LogP contribution is -2.63. The number of carbonyl (C=O) groups excluding carboxylic acids is 2. The van der Waals surface area contributed by atoms with E-state index in [0.717, 1.165) is 24.9 Å². The summed E-state index contributed by atoms with van der Waals surface area (Å²) in [6.45, 7) is 6.66. The first kappa shape index (κ1) is 29.3. The van der Waals surface area contributed by atoms with Crippen molar-refractivity contribution in [1.29, 1.82) is 0 Å². The van der Waals surface area contributed by atoms with E-state index in [1.807, 2.05) is 44.2 Å². The van der Waals surface area contributed by atoms with E-state index in [1.165, 1.54) is 14.9 Å². The van der Waals surface area contributed by atoms with E-state index in [0.29, 0.717) is 57.7 Å². The number of carboxylic acid groups (broad SMARTS) is 1. The van der Waals surface area contributed by atoms with Crippen LogP contribution in [0.4, 0.5) is 9.59 Å². The molecule has 218 valence electrons. The second-order valence-corrected chi connectivity index (χ2v) is 10.8. The van der Waals surface area contributed by atoms with Crippen molar-refractivity contribution in [3.63, 3.8) is 0 Å². The van der Waals surface area contributed by atoms with Crippen molar-refractivity contribution in [3.8, 4) is 5.69 Å². The molecule has 0 aliphatic carbocycles. The van der Waals surface area contributed by atoms with E-state index in [9.17, 15) is 19.5 Å². The van der Waals surface area contributed by atoms with Crippen molar-refractivity contribution >= 4 is 18.0 Å². The van der Waals surface area contributed by atoms with Crippen LogP contribution in [0, 0.1) is 5.92 Å². The Bertz CT molecular complexity index is 1160. The lowest BCUT2D eigenvalue weighted by atomic mass is 10.0. The summed E-state index contributed by atoms with van der Waals surface area (Å²) in [5.41, 5.74) is 1.75. The van der Waals surface area contributed by atoms with Gasteiger partial charge in [0.1, 0.15) is 0 Å². The third-order valence-corrected chi connectivity index (χ3v) is 7.39. The van der Waals surface area contributed by atoms with E-state index in [-0.39, 0.29) is 36.1 Å². The Labute approximate surface area is 235 Å². The predicted octanol–water partition coefficient (Wildman–Crippen LogP) is 3.52. The minimum Gasteiger partial charge on any atom is -0.465 e. The van der Waals surface area contributed by atoms with Crippen LogP contribution in [0.5, 0.6) is 0 Å². The van der Waals surface area contributed by atoms with Gasteiger partial charge in [0.25, 0.3) is 5.91 Å². The molecule has 0 bridgehead atoms. The van der Waals surface area contributed by atoms with Gasteiger partial charge in [-0.05, 0) is 56.6 Å². The molecule has 1 N–H and O–H groups in total. The molecule has 2 fully saturated rings. The molecular formula is C28H41N7O5. The summed E-state index contributed by atoms with van der Waals surface area (Å²) in [5, 5.41) is 21.3. The average molecular weight is 556 g/mol. The fraction of sp³-hybridized carbons (Fsp3) is 0.607. The van der Waals surface area contributed by atoms with E-state index in [1.54, 1.807) is 16.7 Å². The number of carbonyl (C=O) groups is 3. The van der Waals surface area contributed by atoms with E-state index < -0.39 is 6.09 Å². The highest BCUT2D eigenvalue weighted by molar-refractivity contribution is 5.94. The summed E-state index contributed by atoms with van der Waals surface area (Å²) in [5.74, 6) is -0.262. The van der Waals surface area contributed by atoms with Crippen molar-refractivity contribution in [2.45, 2.75) is 58.4 Å². The first-order valence-electron chi connectivity index (χ1n) is 14.2. The Morgan fingerprint density at radius 2 is 1.90 bits per heavy atom. The summed E-state index contributed by atoms with van der Waals surface area (Å²) in [6.07, 6.45) is 3.34. The third-order valence-electron chi connectivity index (χ3n) is 7.39. The number of methoxy groups -OCH3 is 1. The fourth-order valence-corrected chi connectivity index (χ4v) is 5.44. The van der Waals surface area contributed by atoms with Gasteiger partial charge in [-0.1, -0.05) is 37.3 Å². The molecule has 1 aromatic carbocycles. The third kappa shape index (κ3) is 6.72. The molecule has 2 aromatic rings. The maximum atomic E-state index is 14.2. The molecule has 0 saturated carbocycles. The number of urea groups is 1. The highest BCUT2D eigenvalue weighted by Crippen LogP contribution is 2.25. The van der Waals surface area contributed by atoms with Crippen LogP contribution in [0.25, 0.3) is 5.69 Å². The molecule has 12 heteroatoms. The molecule has 3 heterocycles. The maximum Gasteiger partial charge on any atom is 0.407 e. The van der Waals surface area contributed by atoms with Gasteiger partial charge in [0.15, 0.2) is 5.69 Å². The molecule has 2 aliphatic heterocycles. The van der Waals surface area contributed by atoms with Gasteiger partial charge in [-0.15, -0.1) is 5.10 Å². The molecule has 4 rings (SSSR count). The SMILES string of the molecule is COCCCCc1c(C(=O)N(CC(C)C)N2CCCN(C3CCCN(C(=O)O)C3)C2=O)nnn1-c1ccccc1. The number of rotatable bonds is 11. The van der Waals surface area contributed by atoms with Gasteiger partial charge in [-0.25, -0.2) is 24.3 Å². The Morgan fingerprint density at radius 3 is 2.60 bits per heavy atom. The molecule has 4 amide bonds. The highest BCUT2D eigenvalue weighted by Gasteiger charge is 2.39. The lowest BCUT2D eigenvalue weighted by Gasteiger charge is -2.46. The van der Waals surface area contributed by atoms with Gasteiger partial charge in [0, 0.05) is 46.4 Å². The molecule has 0 radical (unpaired) electrons. The number of piperidine rings is 1. The number of hydrogen-bond donors (Lipinski definition) is 1. The smallest absolute Gasteiger partial charge is 0.407 e. The highest BCUT2D eigenvalue weighted by atomic mass is 16.5. The molecular weight excluding hydrogens is 514 g/mol. The van der Waals surface area contributed by atoms with Crippen LogP contribution in [0.3, 0.4) is 0 Å². The zero-order valence-corrected chi connectivity index (χ0v) is 23.7. The van der Waals surface area contributed by atoms with Gasteiger partial charge in [0.05, 0.1) is 17.4 Å². The number of ether oxygens (including phenoxy) is 1. The van der Waals surface area contributed by atoms with E-state index in [2.05, 4.69) is 10.3 Å². The van der Waals surface area contributed by atoms with Gasteiger partial charge in [-0.2, -0.15) is 0 Å². The quantitative estimate of drug-likeness (QED) is 0.421. The molecule has 2 saturated heterocycles. The first-order valence-corrected chi connectivity index (χ1v) is 14.2. The Hall–Kier alpha value is -3.67. The van der Waals surface area contributed by atoms with Gasteiger partial charge < -0.3 is 19.6 Å². The summed E-state index contributed by atoms with van der Waals surface area (Å²) in [7, 11) is 1.67. The number of unbranched alkanes of at least 4 members (excludes halogenated alkanes) is 1. The van der Waals surface area contributed by atoms with E-state index >= 15 is 0 Å². The van der Waals surface area contributed by atoms with Gasteiger partial charge >= 0.3 is 12.1 Å². The van der Waals surface area contributed by atoms with Crippen molar-refractivity contribution in [1.82, 2.24) is 34.8 Å². The Kier molecular flexibility index (Phi) is 9.97. The molecule has 12 nitrogen and oxygen atoms in total. The van der Waals surface area contributed by atoms with Crippen LogP contribution >= 0.6 is 0 Å². The summed E-state index contributed by atoms with van der Waals surface area (Å²) >= 11 is 0. The molecule has 1 unspecified atom stereocenters. The fourth-order valence-electron chi connectivity index (χ4n) is 5.44. The number of amides is 4. The number of para-hydroxylation sites is 1. The van der Waals surface area contributed by atoms with Crippen LogP contribution in [-0.2, 0) is 11.2 Å². The summed E-state index contributed by atoms with van der Waals surface area (Å²) in [6, 6.07) is 9.10. The number of benzene rings is 1. The van der Waals surface area contributed by atoms with Crippen LogP contribution < -0.4 is 0 Å². The second-order valence-electron chi connectivity index (χ2n) is 10.8. The second kappa shape index (κ2) is 13.6. The minimum atomic E-state index is -0.970. The number of likely N-dealkylation sites (tertiary alicyclic amines) is 1. The summed E-state index contributed by atoms with van der Waals surface area (Å²) in [4.78, 5) is 42.7. The van der Waals surface area contributed by atoms with Crippen LogP contribution in [0.15, 0.2) is 30.3 Å². The zero-order chi connectivity index (χ0) is 28.6. The monoisotopic (exact) mass is 555 g/mol. The number of nitrogens with zero attached hydrogens (tertiary/aromatic N) is 7. The van der Waals surface area contributed by atoms with Crippen molar-refractivity contribution in [3.05, 3.63) is 41.7 Å². The normalized spacial score (nSPS) is 17.9. The standard InChI is InChI=1S/C28H41N7O5/c1-21(2)19-34(33-17-10-16-32(27(33)37)23-13-9-15-31(20-23)28(38)39)26(36)25-24(14-7-8-18-40-3)35(30-29-25)22-11-5-4-6-12-22/h4-6,11-12,21,23H,7-10,13-20H2,1-3H3,(H,38,39). The predicted molar refractivity (Wildman–Crippen MR) is 148 cm³/mol. The minimum absolute atomic E-state index is 0.0960. The number of aromatic nitrogens is 3. The molecule has 0 spiro atoms. The first-order chi connectivity index (χ1) is 19.3. The summed E-state index contributed by atoms with van der Waals surface area (Å²) < 4.78 is 6.92. The van der Waals surface area contributed by atoms with Crippen molar-refractivity contribution in [2.75, 3.05) is 46.4 Å². The number of hydrogen-bond acceptors (Lipinski definition) is 6. The van der Waals surface area contributed by atoms with Gasteiger partial charge in [0.2, 0.25) is 0 Å². The zero-order valence-electron chi connectivity index (χ0n) is 23.7. The van der Waals surface area contributed by atoms with Crippen molar-refractivity contribution < 1.29 is 24.2 Å². The lowest BCUT2D eigenvalue weighted by molar-refractivity contribution is -0.0240. The largest absolute Gasteiger partial charge is 0.465 e. The molecule has 1 aromatic heterocycles. The maximum absolute atomic E-state index is 14.2. The average Bonchev–Trinajstić information content (AvgIpc) is 3.38. The topological polar surface area (TPSA) is 124 Å². The van der Waals surface area contributed by atoms with Crippen LogP contribution in [0.1, 0.15) is 62.1 Å². The molecule has 2 aliphatic rings. The Morgan fingerprint density at radius 1 is 1.12 bits per heavy atom. The van der Waals surface area contributed by atoms with Crippen molar-refractivity contribution in [2.24, 2.45) is 5.92 Å². The number of hydrazine groups is 1.